The zero-order valence-corrected chi connectivity index (χ0v) is 17.2. The standard InChI is InChI=1S/C22H25N3O2S/c1-4-25(16-19-8-6-5-7-9-19)22-13-12-20(15-23-22)24-28(26,27)21-14-17(2)10-11-18(21)3/h5-15,24H,4,16H2,1-3H3. The smallest absolute Gasteiger partial charge is 0.262 e. The monoisotopic (exact) mass is 395 g/mol. The van der Waals surface area contributed by atoms with Gasteiger partial charge in [-0.1, -0.05) is 42.5 Å². The predicted molar refractivity (Wildman–Crippen MR) is 114 cm³/mol. The van der Waals surface area contributed by atoms with Gasteiger partial charge in [-0.2, -0.15) is 0 Å². The third-order valence-corrected chi connectivity index (χ3v) is 6.08. The van der Waals surface area contributed by atoms with Crippen LogP contribution in [0.1, 0.15) is 23.6 Å². The number of anilines is 2. The van der Waals surface area contributed by atoms with Crippen molar-refractivity contribution in [3.05, 3.63) is 83.6 Å². The maximum Gasteiger partial charge on any atom is 0.262 e. The minimum Gasteiger partial charge on any atom is -0.353 e. The summed E-state index contributed by atoms with van der Waals surface area (Å²) >= 11 is 0. The van der Waals surface area contributed by atoms with E-state index in [1.165, 1.54) is 5.56 Å². The SMILES string of the molecule is CCN(Cc1ccccc1)c1ccc(NS(=O)(=O)c2cc(C)ccc2C)cn1. The van der Waals surface area contributed by atoms with Crippen LogP contribution in [-0.4, -0.2) is 19.9 Å². The topological polar surface area (TPSA) is 62.3 Å². The lowest BCUT2D eigenvalue weighted by atomic mass is 10.2. The number of aromatic nitrogens is 1. The van der Waals surface area contributed by atoms with E-state index in [-0.39, 0.29) is 4.90 Å². The van der Waals surface area contributed by atoms with Gasteiger partial charge in [-0.25, -0.2) is 13.4 Å². The van der Waals surface area contributed by atoms with Crippen molar-refractivity contribution in [2.24, 2.45) is 0 Å². The Balaban J connectivity index is 1.77. The molecule has 0 unspecified atom stereocenters. The van der Waals surface area contributed by atoms with Gasteiger partial charge in [0.2, 0.25) is 0 Å². The third-order valence-electron chi connectivity index (χ3n) is 4.56. The summed E-state index contributed by atoms with van der Waals surface area (Å²) < 4.78 is 28.1. The summed E-state index contributed by atoms with van der Waals surface area (Å²) in [6, 6.07) is 19.2. The molecule has 0 amide bonds. The molecule has 0 spiro atoms. The van der Waals surface area contributed by atoms with Gasteiger partial charge in [0.25, 0.3) is 10.0 Å². The molecule has 0 aliphatic heterocycles. The molecule has 1 aromatic heterocycles. The fourth-order valence-electron chi connectivity index (χ4n) is 3.00. The minimum absolute atomic E-state index is 0.288. The highest BCUT2D eigenvalue weighted by Crippen LogP contribution is 2.22. The van der Waals surface area contributed by atoms with Crippen LogP contribution in [0.4, 0.5) is 11.5 Å². The van der Waals surface area contributed by atoms with Gasteiger partial charge in [-0.15, -0.1) is 0 Å². The lowest BCUT2D eigenvalue weighted by molar-refractivity contribution is 0.600. The van der Waals surface area contributed by atoms with Gasteiger partial charge in [0.05, 0.1) is 16.8 Å². The van der Waals surface area contributed by atoms with E-state index in [1.54, 1.807) is 25.3 Å². The molecule has 5 nitrogen and oxygen atoms in total. The van der Waals surface area contributed by atoms with Crippen LogP contribution in [0.2, 0.25) is 0 Å². The number of rotatable bonds is 7. The first-order valence-electron chi connectivity index (χ1n) is 9.24. The number of aryl methyl sites for hydroxylation is 2. The first kappa shape index (κ1) is 19.9. The number of pyridine rings is 1. The first-order chi connectivity index (χ1) is 13.4. The van der Waals surface area contributed by atoms with Gasteiger partial charge in [0.1, 0.15) is 5.82 Å². The van der Waals surface area contributed by atoms with E-state index < -0.39 is 10.0 Å². The molecule has 2 aromatic carbocycles. The Morgan fingerprint density at radius 3 is 2.39 bits per heavy atom. The first-order valence-corrected chi connectivity index (χ1v) is 10.7. The Kier molecular flexibility index (Phi) is 5.99. The van der Waals surface area contributed by atoms with Crippen molar-refractivity contribution in [2.45, 2.75) is 32.2 Å². The predicted octanol–water partition coefficient (Wildman–Crippen LogP) is 4.53. The van der Waals surface area contributed by atoms with Gasteiger partial charge in [-0.3, -0.25) is 4.72 Å². The van der Waals surface area contributed by atoms with Crippen molar-refractivity contribution < 1.29 is 8.42 Å². The molecule has 1 N–H and O–H groups in total. The summed E-state index contributed by atoms with van der Waals surface area (Å²) in [4.78, 5) is 6.89. The molecule has 0 aliphatic rings. The highest BCUT2D eigenvalue weighted by atomic mass is 32.2. The van der Waals surface area contributed by atoms with E-state index in [1.807, 2.05) is 43.3 Å². The molecular formula is C22H25N3O2S. The van der Waals surface area contributed by atoms with E-state index in [2.05, 4.69) is 33.7 Å². The molecule has 0 atom stereocenters. The molecule has 28 heavy (non-hydrogen) atoms. The van der Waals surface area contributed by atoms with E-state index in [0.717, 1.165) is 24.5 Å². The molecule has 0 saturated heterocycles. The normalized spacial score (nSPS) is 11.2. The van der Waals surface area contributed by atoms with Crippen LogP contribution in [0.3, 0.4) is 0 Å². The number of nitrogens with zero attached hydrogens (tertiary/aromatic N) is 2. The number of sulfonamides is 1. The maximum absolute atomic E-state index is 12.7. The van der Waals surface area contributed by atoms with E-state index in [4.69, 9.17) is 0 Å². The fraction of sp³-hybridized carbons (Fsp3) is 0.227. The maximum atomic E-state index is 12.7. The molecule has 1 heterocycles. The van der Waals surface area contributed by atoms with Crippen molar-refractivity contribution in [2.75, 3.05) is 16.2 Å². The summed E-state index contributed by atoms with van der Waals surface area (Å²) in [7, 11) is -3.66. The lowest BCUT2D eigenvalue weighted by Gasteiger charge is -2.22. The van der Waals surface area contributed by atoms with E-state index >= 15 is 0 Å². The molecule has 3 rings (SSSR count). The lowest BCUT2D eigenvalue weighted by Crippen LogP contribution is -2.23. The van der Waals surface area contributed by atoms with Gasteiger partial charge >= 0.3 is 0 Å². The Morgan fingerprint density at radius 2 is 1.75 bits per heavy atom. The van der Waals surface area contributed by atoms with Crippen molar-refractivity contribution in [3.63, 3.8) is 0 Å². The zero-order chi connectivity index (χ0) is 20.1. The second-order valence-corrected chi connectivity index (χ2v) is 8.43. The molecular weight excluding hydrogens is 370 g/mol. The van der Waals surface area contributed by atoms with Crippen LogP contribution in [0.25, 0.3) is 0 Å². The number of hydrogen-bond acceptors (Lipinski definition) is 4. The van der Waals surface area contributed by atoms with Crippen LogP contribution in [0.15, 0.2) is 71.8 Å². The molecule has 0 aliphatic carbocycles. The molecule has 6 heteroatoms. The van der Waals surface area contributed by atoms with Crippen LogP contribution >= 0.6 is 0 Å². The van der Waals surface area contributed by atoms with Crippen LogP contribution in [0.5, 0.6) is 0 Å². The molecule has 0 fully saturated rings. The Bertz CT molecular complexity index is 1030. The average molecular weight is 396 g/mol. The molecule has 0 bridgehead atoms. The van der Waals surface area contributed by atoms with Gasteiger partial charge in [0.15, 0.2) is 0 Å². The number of hydrogen-bond donors (Lipinski definition) is 1. The number of nitrogens with one attached hydrogen (secondary N) is 1. The third kappa shape index (κ3) is 4.70. The average Bonchev–Trinajstić information content (AvgIpc) is 2.69. The molecule has 3 aromatic rings. The minimum atomic E-state index is -3.66. The Hall–Kier alpha value is -2.86. The fourth-order valence-corrected chi connectivity index (χ4v) is 4.37. The molecule has 0 saturated carbocycles. The second kappa shape index (κ2) is 8.44. The van der Waals surface area contributed by atoms with E-state index in [9.17, 15) is 8.42 Å². The highest BCUT2D eigenvalue weighted by molar-refractivity contribution is 7.92. The summed E-state index contributed by atoms with van der Waals surface area (Å²) in [6.07, 6.45) is 1.56. The van der Waals surface area contributed by atoms with Gasteiger partial charge < -0.3 is 4.90 Å². The zero-order valence-electron chi connectivity index (χ0n) is 16.4. The van der Waals surface area contributed by atoms with E-state index in [0.29, 0.717) is 11.3 Å². The van der Waals surface area contributed by atoms with Gasteiger partial charge in [0, 0.05) is 13.1 Å². The summed E-state index contributed by atoms with van der Waals surface area (Å²) in [6.45, 7) is 7.29. The Labute approximate surface area is 167 Å². The van der Waals surface area contributed by atoms with Crippen LogP contribution in [0, 0.1) is 13.8 Å². The quantitative estimate of drug-likeness (QED) is 0.639. The van der Waals surface area contributed by atoms with Crippen LogP contribution < -0.4 is 9.62 Å². The second-order valence-electron chi connectivity index (χ2n) is 6.78. The summed E-state index contributed by atoms with van der Waals surface area (Å²) in [5.74, 6) is 0.807. The molecule has 0 radical (unpaired) electrons. The highest BCUT2D eigenvalue weighted by Gasteiger charge is 2.17. The van der Waals surface area contributed by atoms with Crippen molar-refractivity contribution >= 4 is 21.5 Å². The number of benzene rings is 2. The van der Waals surface area contributed by atoms with Crippen molar-refractivity contribution in [1.82, 2.24) is 4.98 Å². The largest absolute Gasteiger partial charge is 0.353 e. The van der Waals surface area contributed by atoms with Gasteiger partial charge in [-0.05, 0) is 55.7 Å². The van der Waals surface area contributed by atoms with Crippen molar-refractivity contribution in [1.29, 1.82) is 0 Å². The Morgan fingerprint density at radius 1 is 1.00 bits per heavy atom. The summed E-state index contributed by atoms with van der Waals surface area (Å²) in [5, 5.41) is 0. The summed E-state index contributed by atoms with van der Waals surface area (Å²) in [5.41, 5.74) is 3.26. The van der Waals surface area contributed by atoms with Crippen molar-refractivity contribution in [3.8, 4) is 0 Å². The van der Waals surface area contributed by atoms with Crippen LogP contribution in [-0.2, 0) is 16.6 Å². The molecule has 146 valence electrons.